The second-order valence-electron chi connectivity index (χ2n) is 7.24. The van der Waals surface area contributed by atoms with Gasteiger partial charge in [0.05, 0.1) is 24.1 Å². The largest absolute Gasteiger partial charge is 0.494 e. The van der Waals surface area contributed by atoms with Crippen LogP contribution in [0.25, 0.3) is 0 Å². The zero-order chi connectivity index (χ0) is 20.1. The third-order valence-electron chi connectivity index (χ3n) is 4.97. The zero-order valence-electron chi connectivity index (χ0n) is 16.4. The minimum absolute atomic E-state index is 0.0851. The summed E-state index contributed by atoms with van der Waals surface area (Å²) < 4.78 is 7.51. The molecule has 150 valence electrons. The van der Waals surface area contributed by atoms with Gasteiger partial charge in [0.25, 0.3) is 5.91 Å². The molecule has 2 N–H and O–H groups in total. The molecule has 0 bridgehead atoms. The number of carbonyl (C=O) groups excluding carboxylic acids is 1. The van der Waals surface area contributed by atoms with Crippen LogP contribution in [0, 0.1) is 0 Å². The number of ether oxygens (including phenoxy) is 1. The molecule has 1 heterocycles. The molecule has 1 fully saturated rings. The fourth-order valence-corrected chi connectivity index (χ4v) is 3.08. The van der Waals surface area contributed by atoms with E-state index in [-0.39, 0.29) is 18.4 Å². The second-order valence-corrected chi connectivity index (χ2v) is 7.24. The molecule has 1 aromatic carbocycles. The number of aliphatic carboxylic acids is 1. The maximum Gasteiger partial charge on any atom is 0.303 e. The van der Waals surface area contributed by atoms with E-state index < -0.39 is 5.97 Å². The number of nitrogens with zero attached hydrogens (tertiary/aromatic N) is 2. The van der Waals surface area contributed by atoms with E-state index in [1.165, 1.54) is 0 Å². The Morgan fingerprint density at radius 2 is 2.04 bits per heavy atom. The number of amides is 1. The molecule has 0 radical (unpaired) electrons. The molecule has 1 saturated carbocycles. The van der Waals surface area contributed by atoms with Crippen molar-refractivity contribution in [2.45, 2.75) is 57.9 Å². The second kappa shape index (κ2) is 8.91. The first kappa shape index (κ1) is 19.9. The molecule has 3 rings (SSSR count). The molecule has 1 aliphatic rings. The van der Waals surface area contributed by atoms with Gasteiger partial charge in [-0.2, -0.15) is 5.10 Å². The van der Waals surface area contributed by atoms with Gasteiger partial charge in [0.15, 0.2) is 0 Å². The van der Waals surface area contributed by atoms with Gasteiger partial charge in [-0.15, -0.1) is 0 Å². The Morgan fingerprint density at radius 1 is 1.32 bits per heavy atom. The number of hydrogen-bond acceptors (Lipinski definition) is 4. The van der Waals surface area contributed by atoms with Crippen LogP contribution in [0.2, 0.25) is 0 Å². The van der Waals surface area contributed by atoms with E-state index in [0.717, 1.165) is 25.0 Å². The van der Waals surface area contributed by atoms with Crippen molar-refractivity contribution in [3.8, 4) is 5.75 Å². The molecule has 0 spiro atoms. The monoisotopic (exact) mass is 385 g/mol. The molecule has 0 saturated heterocycles. The summed E-state index contributed by atoms with van der Waals surface area (Å²) in [5, 5.41) is 16.0. The van der Waals surface area contributed by atoms with Gasteiger partial charge >= 0.3 is 5.97 Å². The van der Waals surface area contributed by atoms with Crippen molar-refractivity contribution in [2.75, 3.05) is 11.9 Å². The Bertz CT molecular complexity index is 825. The van der Waals surface area contributed by atoms with Crippen molar-refractivity contribution in [1.29, 1.82) is 0 Å². The maximum atomic E-state index is 12.8. The van der Waals surface area contributed by atoms with Crippen LogP contribution in [-0.4, -0.2) is 33.4 Å². The summed E-state index contributed by atoms with van der Waals surface area (Å²) in [6, 6.07) is 7.36. The first-order valence-electron chi connectivity index (χ1n) is 9.83. The normalized spacial score (nSPS) is 14.5. The minimum atomic E-state index is -0.830. The van der Waals surface area contributed by atoms with E-state index in [0.29, 0.717) is 35.9 Å². The Labute approximate surface area is 164 Å². The topological polar surface area (TPSA) is 93.5 Å². The summed E-state index contributed by atoms with van der Waals surface area (Å²) in [5.74, 6) is 0.0981. The zero-order valence-corrected chi connectivity index (χ0v) is 16.4. The van der Waals surface area contributed by atoms with Gasteiger partial charge < -0.3 is 15.2 Å². The Kier molecular flexibility index (Phi) is 6.34. The van der Waals surface area contributed by atoms with Crippen LogP contribution in [-0.2, 0) is 4.79 Å². The summed E-state index contributed by atoms with van der Waals surface area (Å²) in [7, 11) is 0. The van der Waals surface area contributed by atoms with Crippen LogP contribution in [0.3, 0.4) is 0 Å². The third-order valence-corrected chi connectivity index (χ3v) is 4.97. The molecule has 0 aliphatic heterocycles. The predicted octanol–water partition coefficient (Wildman–Crippen LogP) is 4.23. The van der Waals surface area contributed by atoms with E-state index in [1.807, 2.05) is 4.68 Å². The van der Waals surface area contributed by atoms with Gasteiger partial charge in [-0.3, -0.25) is 14.3 Å². The fourth-order valence-electron chi connectivity index (χ4n) is 3.08. The SMILES string of the molecule is CCC(C)n1ncc(C(=O)Nc2ccc(OCCCC(=O)O)cc2)c1C1CC1. The highest BCUT2D eigenvalue weighted by atomic mass is 16.5. The standard InChI is InChI=1S/C21H27N3O4/c1-3-14(2)24-20(15-6-7-15)18(13-22-24)21(27)23-16-8-10-17(11-9-16)28-12-4-5-19(25)26/h8-11,13-15H,3-7,12H2,1-2H3,(H,23,27)(H,25,26). The van der Waals surface area contributed by atoms with Gasteiger partial charge in [0, 0.05) is 24.1 Å². The van der Waals surface area contributed by atoms with Crippen LogP contribution in [0.4, 0.5) is 5.69 Å². The van der Waals surface area contributed by atoms with Gasteiger partial charge in [-0.1, -0.05) is 6.92 Å². The molecule has 7 heteroatoms. The van der Waals surface area contributed by atoms with Crippen LogP contribution in [0.5, 0.6) is 5.75 Å². The summed E-state index contributed by atoms with van der Waals surface area (Å²) in [6.07, 6.45) is 5.40. The number of rotatable bonds is 10. The minimum Gasteiger partial charge on any atom is -0.494 e. The number of carboxylic acid groups (broad SMARTS) is 1. The van der Waals surface area contributed by atoms with E-state index in [2.05, 4.69) is 24.3 Å². The molecule has 2 aromatic rings. The van der Waals surface area contributed by atoms with Crippen molar-refractivity contribution < 1.29 is 19.4 Å². The van der Waals surface area contributed by atoms with E-state index in [4.69, 9.17) is 9.84 Å². The van der Waals surface area contributed by atoms with Gasteiger partial charge in [-0.25, -0.2) is 0 Å². The molecule has 1 unspecified atom stereocenters. The first-order chi connectivity index (χ1) is 13.5. The van der Waals surface area contributed by atoms with Crippen LogP contribution < -0.4 is 10.1 Å². The molecule has 1 aromatic heterocycles. The average molecular weight is 385 g/mol. The van der Waals surface area contributed by atoms with Crippen LogP contribution >= 0.6 is 0 Å². The lowest BCUT2D eigenvalue weighted by molar-refractivity contribution is -0.137. The van der Waals surface area contributed by atoms with Crippen molar-refractivity contribution in [3.63, 3.8) is 0 Å². The highest BCUT2D eigenvalue weighted by Gasteiger charge is 2.33. The molecular weight excluding hydrogens is 358 g/mol. The summed E-state index contributed by atoms with van der Waals surface area (Å²) in [4.78, 5) is 23.3. The Balaban J connectivity index is 1.62. The van der Waals surface area contributed by atoms with Crippen molar-refractivity contribution in [1.82, 2.24) is 9.78 Å². The number of hydrogen-bond donors (Lipinski definition) is 2. The lowest BCUT2D eigenvalue weighted by Gasteiger charge is -2.14. The average Bonchev–Trinajstić information content (AvgIpc) is 3.43. The highest BCUT2D eigenvalue weighted by Crippen LogP contribution is 2.42. The van der Waals surface area contributed by atoms with E-state index >= 15 is 0 Å². The van der Waals surface area contributed by atoms with E-state index in [1.54, 1.807) is 30.5 Å². The van der Waals surface area contributed by atoms with Crippen molar-refractivity contribution in [3.05, 3.63) is 41.7 Å². The van der Waals surface area contributed by atoms with Gasteiger partial charge in [0.1, 0.15) is 5.75 Å². The van der Waals surface area contributed by atoms with Gasteiger partial charge in [0.2, 0.25) is 0 Å². The third kappa shape index (κ3) is 4.91. The number of nitrogens with one attached hydrogen (secondary N) is 1. The molecular formula is C21H27N3O4. The lowest BCUT2D eigenvalue weighted by Crippen LogP contribution is -2.16. The molecule has 1 aliphatic carbocycles. The number of anilines is 1. The Morgan fingerprint density at radius 3 is 2.64 bits per heavy atom. The van der Waals surface area contributed by atoms with E-state index in [9.17, 15) is 9.59 Å². The highest BCUT2D eigenvalue weighted by molar-refractivity contribution is 6.05. The summed E-state index contributed by atoms with van der Waals surface area (Å²) in [6.45, 7) is 4.58. The number of carboxylic acids is 1. The molecule has 7 nitrogen and oxygen atoms in total. The van der Waals surface area contributed by atoms with Gasteiger partial charge in [-0.05, 0) is 56.9 Å². The summed E-state index contributed by atoms with van der Waals surface area (Å²) >= 11 is 0. The van der Waals surface area contributed by atoms with Crippen LogP contribution in [0.15, 0.2) is 30.5 Å². The summed E-state index contributed by atoms with van der Waals surface area (Å²) in [5.41, 5.74) is 2.38. The first-order valence-corrected chi connectivity index (χ1v) is 9.83. The lowest BCUT2D eigenvalue weighted by atomic mass is 10.1. The van der Waals surface area contributed by atoms with Crippen molar-refractivity contribution >= 4 is 17.6 Å². The maximum absolute atomic E-state index is 12.8. The fraction of sp³-hybridized carbons (Fsp3) is 0.476. The predicted molar refractivity (Wildman–Crippen MR) is 106 cm³/mol. The van der Waals surface area contributed by atoms with Crippen LogP contribution in [0.1, 0.15) is 74.0 Å². The number of aromatic nitrogens is 2. The Hall–Kier alpha value is -2.83. The molecule has 28 heavy (non-hydrogen) atoms. The number of benzene rings is 1. The smallest absolute Gasteiger partial charge is 0.303 e. The number of carbonyl (C=O) groups is 2. The van der Waals surface area contributed by atoms with Crippen molar-refractivity contribution in [2.24, 2.45) is 0 Å². The molecule has 1 amide bonds. The quantitative estimate of drug-likeness (QED) is 0.597. The molecule has 1 atom stereocenters.